The van der Waals surface area contributed by atoms with Crippen molar-refractivity contribution in [2.45, 2.75) is 18.2 Å². The smallest absolute Gasteiger partial charge is 0.256 e. The molecule has 1 heterocycles. The van der Waals surface area contributed by atoms with Crippen LogP contribution in [0.1, 0.15) is 23.7 Å². The zero-order valence-corrected chi connectivity index (χ0v) is 16.0. The third-order valence-corrected chi connectivity index (χ3v) is 6.08. The summed E-state index contributed by atoms with van der Waals surface area (Å²) in [7, 11) is -2.47. The molecule has 0 aromatic heterocycles. The largest absolute Gasteiger partial charge is 0.379 e. The number of sulfonamides is 1. The monoisotopic (exact) mass is 422 g/mol. The summed E-state index contributed by atoms with van der Waals surface area (Å²) in [5.41, 5.74) is -0.257. The molecule has 1 aromatic carbocycles. The fourth-order valence-corrected chi connectivity index (χ4v) is 4.61. The lowest BCUT2D eigenvalue weighted by Crippen LogP contribution is -2.41. The molecule has 0 atom stereocenters. The van der Waals surface area contributed by atoms with E-state index >= 15 is 0 Å². The SMILES string of the molecule is CCCN(C)C(=O)c1cc(Br)cc(S(=O)(=O)N2CCOCC2)c1F. The summed E-state index contributed by atoms with van der Waals surface area (Å²) in [5.74, 6) is -1.56. The van der Waals surface area contributed by atoms with Gasteiger partial charge in [0.15, 0.2) is 5.82 Å². The predicted octanol–water partition coefficient (Wildman–Crippen LogP) is 2.09. The Morgan fingerprint density at radius 2 is 2.00 bits per heavy atom. The summed E-state index contributed by atoms with van der Waals surface area (Å²) in [5, 5.41) is 0. The molecule has 1 aliphatic rings. The van der Waals surface area contributed by atoms with Gasteiger partial charge in [-0.05, 0) is 18.6 Å². The lowest BCUT2D eigenvalue weighted by molar-refractivity contribution is 0.0728. The summed E-state index contributed by atoms with van der Waals surface area (Å²) < 4.78 is 46.9. The van der Waals surface area contributed by atoms with E-state index in [4.69, 9.17) is 4.74 Å². The molecule has 0 N–H and O–H groups in total. The van der Waals surface area contributed by atoms with E-state index in [9.17, 15) is 17.6 Å². The third-order valence-electron chi connectivity index (χ3n) is 3.73. The zero-order valence-electron chi connectivity index (χ0n) is 13.6. The first-order valence-electron chi connectivity index (χ1n) is 7.61. The van der Waals surface area contributed by atoms with E-state index in [0.717, 1.165) is 6.42 Å². The molecule has 1 aliphatic heterocycles. The summed E-state index contributed by atoms with van der Waals surface area (Å²) in [4.78, 5) is 13.3. The van der Waals surface area contributed by atoms with Gasteiger partial charge >= 0.3 is 0 Å². The number of ether oxygens (including phenoxy) is 1. The Labute approximate surface area is 149 Å². The molecule has 24 heavy (non-hydrogen) atoms. The number of hydrogen-bond acceptors (Lipinski definition) is 4. The molecule has 0 bridgehead atoms. The number of carbonyl (C=O) groups is 1. The van der Waals surface area contributed by atoms with Crippen LogP contribution >= 0.6 is 15.9 Å². The van der Waals surface area contributed by atoms with E-state index < -0.39 is 26.6 Å². The second-order valence-electron chi connectivity index (χ2n) is 5.51. The normalized spacial score (nSPS) is 16.2. The maximum absolute atomic E-state index is 14.8. The van der Waals surface area contributed by atoms with E-state index in [1.54, 1.807) is 7.05 Å². The maximum atomic E-state index is 14.8. The molecule has 6 nitrogen and oxygen atoms in total. The molecule has 0 radical (unpaired) electrons. The van der Waals surface area contributed by atoms with Crippen LogP contribution in [0.25, 0.3) is 0 Å². The molecule has 9 heteroatoms. The van der Waals surface area contributed by atoms with Crippen LogP contribution < -0.4 is 0 Å². The van der Waals surface area contributed by atoms with Gasteiger partial charge in [0, 0.05) is 31.2 Å². The van der Waals surface area contributed by atoms with E-state index in [1.807, 2.05) is 6.92 Å². The Balaban J connectivity index is 2.46. The van der Waals surface area contributed by atoms with Crippen molar-refractivity contribution >= 4 is 31.9 Å². The van der Waals surface area contributed by atoms with E-state index in [1.165, 1.54) is 21.3 Å². The summed E-state index contributed by atoms with van der Waals surface area (Å²) in [6, 6.07) is 2.50. The maximum Gasteiger partial charge on any atom is 0.256 e. The van der Waals surface area contributed by atoms with Gasteiger partial charge in [-0.25, -0.2) is 12.8 Å². The second-order valence-corrected chi connectivity index (χ2v) is 8.33. The Hall–Kier alpha value is -1.03. The number of benzene rings is 1. The van der Waals surface area contributed by atoms with Crippen LogP contribution in [0.4, 0.5) is 4.39 Å². The summed E-state index contributed by atoms with van der Waals surface area (Å²) in [6.45, 7) is 3.20. The highest BCUT2D eigenvalue weighted by atomic mass is 79.9. The Kier molecular flexibility index (Phi) is 6.35. The number of hydrogen-bond donors (Lipinski definition) is 0. The molecule has 2 rings (SSSR count). The number of amides is 1. The fourth-order valence-electron chi connectivity index (χ4n) is 2.48. The molecule has 1 amide bonds. The highest BCUT2D eigenvalue weighted by Crippen LogP contribution is 2.27. The minimum absolute atomic E-state index is 0.160. The summed E-state index contributed by atoms with van der Waals surface area (Å²) >= 11 is 3.18. The minimum Gasteiger partial charge on any atom is -0.379 e. The van der Waals surface area contributed by atoms with Gasteiger partial charge in [-0.3, -0.25) is 4.79 Å². The van der Waals surface area contributed by atoms with Crippen LogP contribution in [0.5, 0.6) is 0 Å². The molecule has 0 spiro atoms. The van der Waals surface area contributed by atoms with Gasteiger partial charge < -0.3 is 9.64 Å². The van der Waals surface area contributed by atoms with Crippen LogP contribution in [0.15, 0.2) is 21.5 Å². The van der Waals surface area contributed by atoms with E-state index in [0.29, 0.717) is 11.0 Å². The van der Waals surface area contributed by atoms with Gasteiger partial charge in [0.05, 0.1) is 18.8 Å². The third kappa shape index (κ3) is 3.96. The molecule has 0 unspecified atom stereocenters. The van der Waals surface area contributed by atoms with Crippen molar-refractivity contribution in [2.75, 3.05) is 39.9 Å². The van der Waals surface area contributed by atoms with Gasteiger partial charge in [0.1, 0.15) is 4.90 Å². The lowest BCUT2D eigenvalue weighted by Gasteiger charge is -2.26. The van der Waals surface area contributed by atoms with Gasteiger partial charge in [0.25, 0.3) is 5.91 Å². The van der Waals surface area contributed by atoms with Gasteiger partial charge in [-0.15, -0.1) is 0 Å². The lowest BCUT2D eigenvalue weighted by atomic mass is 10.2. The highest BCUT2D eigenvalue weighted by molar-refractivity contribution is 9.10. The van der Waals surface area contributed by atoms with Crippen LogP contribution in [-0.2, 0) is 14.8 Å². The Morgan fingerprint density at radius 1 is 1.38 bits per heavy atom. The fraction of sp³-hybridized carbons (Fsp3) is 0.533. The number of nitrogens with zero attached hydrogens (tertiary/aromatic N) is 2. The average Bonchev–Trinajstić information content (AvgIpc) is 2.56. The first-order valence-corrected chi connectivity index (χ1v) is 9.84. The molecule has 134 valence electrons. The van der Waals surface area contributed by atoms with Crippen LogP contribution in [0, 0.1) is 5.82 Å². The van der Waals surface area contributed by atoms with Crippen molar-refractivity contribution in [1.29, 1.82) is 0 Å². The number of halogens is 2. The van der Waals surface area contributed by atoms with Crippen molar-refractivity contribution in [3.63, 3.8) is 0 Å². The number of rotatable bonds is 5. The van der Waals surface area contributed by atoms with Gasteiger partial charge in [0.2, 0.25) is 10.0 Å². The predicted molar refractivity (Wildman–Crippen MR) is 90.9 cm³/mol. The summed E-state index contributed by atoms with van der Waals surface area (Å²) in [6.07, 6.45) is 0.719. The Morgan fingerprint density at radius 3 is 2.58 bits per heavy atom. The van der Waals surface area contributed by atoms with Gasteiger partial charge in [-0.2, -0.15) is 4.31 Å². The van der Waals surface area contributed by atoms with Crippen LogP contribution in [0.3, 0.4) is 0 Å². The molecular weight excluding hydrogens is 403 g/mol. The van der Waals surface area contributed by atoms with Crippen molar-refractivity contribution in [2.24, 2.45) is 0 Å². The molecule has 1 fully saturated rings. The van der Waals surface area contributed by atoms with E-state index in [2.05, 4.69) is 15.9 Å². The zero-order chi connectivity index (χ0) is 17.9. The standard InChI is InChI=1S/C15H20BrFN2O4S/c1-3-4-18(2)15(20)12-9-11(16)10-13(14(12)17)24(21,22)19-5-7-23-8-6-19/h9-10H,3-8H2,1-2H3. The van der Waals surface area contributed by atoms with Crippen molar-refractivity contribution in [3.8, 4) is 0 Å². The molecular formula is C15H20BrFN2O4S. The molecule has 1 saturated heterocycles. The van der Waals surface area contributed by atoms with Crippen molar-refractivity contribution < 1.29 is 22.3 Å². The van der Waals surface area contributed by atoms with Crippen LogP contribution in [-0.4, -0.2) is 63.4 Å². The quantitative estimate of drug-likeness (QED) is 0.728. The first kappa shape index (κ1) is 19.3. The number of morpholine rings is 1. The topological polar surface area (TPSA) is 66.9 Å². The van der Waals surface area contributed by atoms with Crippen molar-refractivity contribution in [3.05, 3.63) is 28.0 Å². The highest BCUT2D eigenvalue weighted by Gasteiger charge is 2.32. The van der Waals surface area contributed by atoms with Crippen LogP contribution in [0.2, 0.25) is 0 Å². The first-order chi connectivity index (χ1) is 11.3. The minimum atomic E-state index is -4.03. The second kappa shape index (κ2) is 7.90. The molecule has 0 aliphatic carbocycles. The average molecular weight is 423 g/mol. The number of carbonyl (C=O) groups excluding carboxylic acids is 1. The van der Waals surface area contributed by atoms with E-state index in [-0.39, 0.29) is 31.9 Å². The van der Waals surface area contributed by atoms with Crippen molar-refractivity contribution in [1.82, 2.24) is 9.21 Å². The van der Waals surface area contributed by atoms with Gasteiger partial charge in [-0.1, -0.05) is 22.9 Å². The Bertz CT molecular complexity index is 720. The molecule has 1 aromatic rings. The molecule has 0 saturated carbocycles.